The van der Waals surface area contributed by atoms with E-state index in [0.717, 1.165) is 29.7 Å². The van der Waals surface area contributed by atoms with Gasteiger partial charge in [-0.25, -0.2) is 9.98 Å². The number of imidazole rings is 1. The lowest BCUT2D eigenvalue weighted by molar-refractivity contribution is 0.277. The first-order valence-corrected chi connectivity index (χ1v) is 7.56. The smallest absolute Gasteiger partial charge is 0.193 e. The van der Waals surface area contributed by atoms with Crippen LogP contribution in [0.1, 0.15) is 25.5 Å². The Labute approximate surface area is 116 Å². The number of guanidine groups is 1. The molecule has 1 fully saturated rings. The van der Waals surface area contributed by atoms with Gasteiger partial charge in [-0.15, -0.1) is 11.3 Å². The quantitative estimate of drug-likeness (QED) is 0.674. The van der Waals surface area contributed by atoms with E-state index in [-0.39, 0.29) is 0 Å². The highest BCUT2D eigenvalue weighted by Crippen LogP contribution is 2.16. The maximum atomic E-state index is 6.06. The number of fused-ring (bicyclic) bond motifs is 1. The third-order valence-corrected chi connectivity index (χ3v) is 4.42. The van der Waals surface area contributed by atoms with E-state index in [1.165, 1.54) is 12.8 Å². The molecule has 0 unspecified atom stereocenters. The van der Waals surface area contributed by atoms with E-state index in [1.54, 1.807) is 11.3 Å². The zero-order chi connectivity index (χ0) is 13.2. The van der Waals surface area contributed by atoms with E-state index in [0.29, 0.717) is 12.5 Å². The highest BCUT2D eigenvalue weighted by atomic mass is 32.1. The first-order chi connectivity index (χ1) is 9.22. The number of hydrogen-bond donors (Lipinski definition) is 1. The molecule has 102 valence electrons. The van der Waals surface area contributed by atoms with E-state index >= 15 is 0 Å². The Hall–Kier alpha value is -1.56. The average Bonchev–Trinajstić information content (AvgIpc) is 2.97. The van der Waals surface area contributed by atoms with Crippen molar-refractivity contribution in [2.24, 2.45) is 16.6 Å². The van der Waals surface area contributed by atoms with Gasteiger partial charge in [0.05, 0.1) is 12.2 Å². The summed E-state index contributed by atoms with van der Waals surface area (Å²) in [7, 11) is 0. The van der Waals surface area contributed by atoms with Crippen LogP contribution < -0.4 is 5.73 Å². The summed E-state index contributed by atoms with van der Waals surface area (Å²) in [5, 5.41) is 2.03. The van der Waals surface area contributed by atoms with Crippen LogP contribution in [0.3, 0.4) is 0 Å². The number of piperidine rings is 1. The Morgan fingerprint density at radius 1 is 1.53 bits per heavy atom. The van der Waals surface area contributed by atoms with Gasteiger partial charge in [0.2, 0.25) is 0 Å². The molecule has 0 bridgehead atoms. The number of nitrogens with two attached hydrogens (primary N) is 1. The largest absolute Gasteiger partial charge is 0.370 e. The van der Waals surface area contributed by atoms with Crippen molar-refractivity contribution in [2.75, 3.05) is 13.1 Å². The first-order valence-electron chi connectivity index (χ1n) is 6.68. The minimum atomic E-state index is 0.562. The Kier molecular flexibility index (Phi) is 3.42. The van der Waals surface area contributed by atoms with Crippen LogP contribution in [0.2, 0.25) is 0 Å². The Morgan fingerprint density at radius 3 is 3.05 bits per heavy atom. The fourth-order valence-electron chi connectivity index (χ4n) is 2.35. The highest BCUT2D eigenvalue weighted by Gasteiger charge is 2.16. The molecular formula is C13H19N5S. The summed E-state index contributed by atoms with van der Waals surface area (Å²) >= 11 is 1.63. The maximum absolute atomic E-state index is 6.06. The minimum Gasteiger partial charge on any atom is -0.370 e. The van der Waals surface area contributed by atoms with Gasteiger partial charge >= 0.3 is 0 Å². The molecule has 0 atom stereocenters. The van der Waals surface area contributed by atoms with Crippen LogP contribution in [0.25, 0.3) is 4.96 Å². The predicted molar refractivity (Wildman–Crippen MR) is 78.4 cm³/mol. The molecule has 2 aromatic heterocycles. The normalized spacial score (nSPS) is 18.4. The van der Waals surface area contributed by atoms with E-state index in [9.17, 15) is 0 Å². The SMILES string of the molecule is CC1CCN(C(N)=NCc2cn3ccsc3n2)CC1. The number of rotatable bonds is 2. The maximum Gasteiger partial charge on any atom is 0.193 e. The molecule has 0 amide bonds. The molecule has 5 nitrogen and oxygen atoms in total. The lowest BCUT2D eigenvalue weighted by atomic mass is 10.00. The average molecular weight is 277 g/mol. The van der Waals surface area contributed by atoms with Crippen molar-refractivity contribution in [1.82, 2.24) is 14.3 Å². The molecule has 2 N–H and O–H groups in total. The van der Waals surface area contributed by atoms with Crippen molar-refractivity contribution in [2.45, 2.75) is 26.3 Å². The van der Waals surface area contributed by atoms with Gasteiger partial charge in [0.25, 0.3) is 0 Å². The lowest BCUT2D eigenvalue weighted by Crippen LogP contribution is -2.42. The summed E-state index contributed by atoms with van der Waals surface area (Å²) in [5.74, 6) is 1.47. The van der Waals surface area contributed by atoms with Crippen molar-refractivity contribution in [3.05, 3.63) is 23.5 Å². The van der Waals surface area contributed by atoms with Crippen LogP contribution >= 0.6 is 11.3 Å². The minimum absolute atomic E-state index is 0.562. The fourth-order valence-corrected chi connectivity index (χ4v) is 3.07. The zero-order valence-electron chi connectivity index (χ0n) is 11.1. The van der Waals surface area contributed by atoms with Crippen molar-refractivity contribution in [3.8, 4) is 0 Å². The van der Waals surface area contributed by atoms with E-state index in [4.69, 9.17) is 5.73 Å². The molecule has 3 rings (SSSR count). The molecular weight excluding hydrogens is 258 g/mol. The third kappa shape index (κ3) is 2.73. The van der Waals surface area contributed by atoms with Gasteiger partial charge in [0.1, 0.15) is 0 Å². The summed E-state index contributed by atoms with van der Waals surface area (Å²) in [4.78, 5) is 12.2. The predicted octanol–water partition coefficient (Wildman–Crippen LogP) is 1.94. The molecule has 6 heteroatoms. The van der Waals surface area contributed by atoms with E-state index in [1.807, 2.05) is 22.2 Å². The third-order valence-electron chi connectivity index (χ3n) is 3.65. The zero-order valence-corrected chi connectivity index (χ0v) is 11.9. The van der Waals surface area contributed by atoms with Crippen molar-refractivity contribution in [1.29, 1.82) is 0 Å². The van der Waals surface area contributed by atoms with E-state index < -0.39 is 0 Å². The van der Waals surface area contributed by atoms with Crippen LogP contribution in [0.5, 0.6) is 0 Å². The second-order valence-electron chi connectivity index (χ2n) is 5.17. The van der Waals surface area contributed by atoms with Crippen LogP contribution in [0.15, 0.2) is 22.8 Å². The summed E-state index contributed by atoms with van der Waals surface area (Å²) in [6.07, 6.45) is 6.43. The molecule has 1 aliphatic rings. The van der Waals surface area contributed by atoms with Crippen molar-refractivity contribution in [3.63, 3.8) is 0 Å². The summed E-state index contributed by atoms with van der Waals surface area (Å²) in [6.45, 7) is 4.90. The molecule has 1 aliphatic heterocycles. The number of aromatic nitrogens is 2. The Morgan fingerprint density at radius 2 is 2.32 bits per heavy atom. The molecule has 0 aromatic carbocycles. The summed E-state index contributed by atoms with van der Waals surface area (Å²) < 4.78 is 2.02. The molecule has 19 heavy (non-hydrogen) atoms. The molecule has 0 aliphatic carbocycles. The molecule has 3 heterocycles. The van der Waals surface area contributed by atoms with Gasteiger partial charge in [-0.2, -0.15) is 0 Å². The molecule has 0 saturated carbocycles. The monoisotopic (exact) mass is 277 g/mol. The molecule has 2 aromatic rings. The number of aliphatic imine (C=N–C) groups is 1. The second kappa shape index (κ2) is 5.21. The molecule has 0 radical (unpaired) electrons. The Bertz CT molecular complexity index is 548. The van der Waals surface area contributed by atoms with Gasteiger partial charge in [-0.05, 0) is 18.8 Å². The number of likely N-dealkylation sites (tertiary alicyclic amines) is 1. The van der Waals surface area contributed by atoms with Gasteiger partial charge in [0, 0.05) is 30.9 Å². The highest BCUT2D eigenvalue weighted by molar-refractivity contribution is 7.15. The topological polar surface area (TPSA) is 58.9 Å². The molecule has 0 spiro atoms. The Balaban J connectivity index is 1.63. The summed E-state index contributed by atoms with van der Waals surface area (Å²) in [5.41, 5.74) is 7.03. The van der Waals surface area contributed by atoms with E-state index in [2.05, 4.69) is 21.8 Å². The van der Waals surface area contributed by atoms with Gasteiger partial charge < -0.3 is 10.6 Å². The van der Waals surface area contributed by atoms with Crippen molar-refractivity contribution >= 4 is 22.3 Å². The van der Waals surface area contributed by atoms with Crippen molar-refractivity contribution < 1.29 is 0 Å². The standard InChI is InChI=1S/C13H19N5S/c1-10-2-4-17(5-3-10)12(14)15-8-11-9-18-6-7-19-13(18)16-11/h6-7,9-10H,2-5,8H2,1H3,(H2,14,15). The van der Waals surface area contributed by atoms with Crippen LogP contribution in [-0.4, -0.2) is 33.3 Å². The van der Waals surface area contributed by atoms with Crippen LogP contribution in [0, 0.1) is 5.92 Å². The van der Waals surface area contributed by atoms with Gasteiger partial charge in [0.15, 0.2) is 10.9 Å². The van der Waals surface area contributed by atoms with Crippen LogP contribution in [0.4, 0.5) is 0 Å². The van der Waals surface area contributed by atoms with Gasteiger partial charge in [-0.3, -0.25) is 4.40 Å². The summed E-state index contributed by atoms with van der Waals surface area (Å²) in [6, 6.07) is 0. The lowest BCUT2D eigenvalue weighted by Gasteiger charge is -2.30. The fraction of sp³-hybridized carbons (Fsp3) is 0.538. The number of nitrogens with zero attached hydrogens (tertiary/aromatic N) is 4. The molecule has 1 saturated heterocycles. The first kappa shape index (κ1) is 12.5. The van der Waals surface area contributed by atoms with Gasteiger partial charge in [-0.1, -0.05) is 6.92 Å². The number of hydrogen-bond acceptors (Lipinski definition) is 3. The van der Waals surface area contributed by atoms with Crippen LogP contribution in [-0.2, 0) is 6.54 Å². The number of thiazole rings is 1. The second-order valence-corrected chi connectivity index (χ2v) is 6.04.